The SMILES string of the molecule is [CH2+]CCCNC. The zero-order valence-corrected chi connectivity index (χ0v) is 4.33. The van der Waals surface area contributed by atoms with Gasteiger partial charge in [0.05, 0.1) is 13.3 Å². The first kappa shape index (κ1) is 5.83. The molecule has 0 aromatic carbocycles. The van der Waals surface area contributed by atoms with E-state index in [1.165, 1.54) is 6.42 Å². The van der Waals surface area contributed by atoms with Gasteiger partial charge < -0.3 is 5.32 Å². The molecule has 0 atom stereocenters. The molecule has 0 aromatic heterocycles. The summed E-state index contributed by atoms with van der Waals surface area (Å²) in [5.74, 6) is 0. The van der Waals surface area contributed by atoms with Gasteiger partial charge in [-0.05, 0) is 20.0 Å². The molecule has 0 unspecified atom stereocenters. The molecular weight excluding hydrogens is 74.1 g/mol. The number of hydrogen-bond donors (Lipinski definition) is 1. The summed E-state index contributed by atoms with van der Waals surface area (Å²) in [6.45, 7) is 4.78. The van der Waals surface area contributed by atoms with Crippen LogP contribution in [0.3, 0.4) is 0 Å². The normalized spacial score (nSPS) is 8.83. The van der Waals surface area contributed by atoms with Crippen LogP contribution in [0.25, 0.3) is 0 Å². The molecule has 0 spiro atoms. The van der Waals surface area contributed by atoms with Gasteiger partial charge in [-0.1, -0.05) is 0 Å². The lowest BCUT2D eigenvalue weighted by atomic mass is 10.3. The molecule has 0 bridgehead atoms. The second kappa shape index (κ2) is 4.83. The van der Waals surface area contributed by atoms with Crippen LogP contribution in [0.15, 0.2) is 0 Å². The molecule has 0 heterocycles. The zero-order chi connectivity index (χ0) is 4.83. The van der Waals surface area contributed by atoms with Crippen LogP contribution in [0.2, 0.25) is 0 Å². The molecule has 1 nitrogen and oxygen atoms in total. The Bertz CT molecular complexity index is 15.9. The molecule has 6 heavy (non-hydrogen) atoms. The fraction of sp³-hybridized carbons (Fsp3) is 0.800. The van der Waals surface area contributed by atoms with E-state index in [-0.39, 0.29) is 0 Å². The van der Waals surface area contributed by atoms with E-state index in [1.54, 1.807) is 0 Å². The molecule has 0 aliphatic heterocycles. The summed E-state index contributed by atoms with van der Waals surface area (Å²) in [6, 6.07) is 0. The quantitative estimate of drug-likeness (QED) is 0.396. The number of rotatable bonds is 3. The predicted molar refractivity (Wildman–Crippen MR) is 28.5 cm³/mol. The highest BCUT2D eigenvalue weighted by molar-refractivity contribution is 4.41. The second-order valence-corrected chi connectivity index (χ2v) is 1.31. The molecule has 0 aliphatic rings. The van der Waals surface area contributed by atoms with Gasteiger partial charge in [0.25, 0.3) is 0 Å². The van der Waals surface area contributed by atoms with Crippen molar-refractivity contribution in [2.75, 3.05) is 13.6 Å². The molecule has 0 radical (unpaired) electrons. The van der Waals surface area contributed by atoms with Gasteiger partial charge in [-0.3, -0.25) is 0 Å². The van der Waals surface area contributed by atoms with Crippen molar-refractivity contribution in [3.63, 3.8) is 0 Å². The lowest BCUT2D eigenvalue weighted by Crippen LogP contribution is -2.06. The van der Waals surface area contributed by atoms with Crippen molar-refractivity contribution < 1.29 is 0 Å². The van der Waals surface area contributed by atoms with Crippen LogP contribution in [0.1, 0.15) is 12.8 Å². The minimum atomic E-state index is 1.04. The molecule has 1 heteroatoms. The van der Waals surface area contributed by atoms with Gasteiger partial charge in [-0.15, -0.1) is 0 Å². The van der Waals surface area contributed by atoms with Gasteiger partial charge in [-0.25, -0.2) is 0 Å². The summed E-state index contributed by atoms with van der Waals surface area (Å²) < 4.78 is 0. The predicted octanol–water partition coefficient (Wildman–Crippen LogP) is 0.820. The van der Waals surface area contributed by atoms with E-state index in [2.05, 4.69) is 12.2 Å². The topological polar surface area (TPSA) is 12.0 Å². The highest BCUT2D eigenvalue weighted by Crippen LogP contribution is 1.78. The molecule has 0 saturated heterocycles. The Morgan fingerprint density at radius 1 is 1.67 bits per heavy atom. The molecule has 0 aliphatic carbocycles. The van der Waals surface area contributed by atoms with Crippen LogP contribution in [-0.2, 0) is 0 Å². The first-order valence-electron chi connectivity index (χ1n) is 2.35. The fourth-order valence-electron chi connectivity index (χ4n) is 0.302. The second-order valence-electron chi connectivity index (χ2n) is 1.31. The van der Waals surface area contributed by atoms with Crippen LogP contribution >= 0.6 is 0 Å². The third-order valence-corrected chi connectivity index (χ3v) is 0.677. The average Bonchev–Trinajstić information content (AvgIpc) is 1.61. The van der Waals surface area contributed by atoms with E-state index < -0.39 is 0 Å². The van der Waals surface area contributed by atoms with Gasteiger partial charge in [0.15, 0.2) is 0 Å². The Morgan fingerprint density at radius 2 is 2.33 bits per heavy atom. The molecule has 0 fully saturated rings. The van der Waals surface area contributed by atoms with Gasteiger partial charge >= 0.3 is 0 Å². The molecule has 0 aromatic rings. The first-order valence-corrected chi connectivity index (χ1v) is 2.35. The molecule has 0 amide bonds. The Hall–Kier alpha value is -0.170. The number of hydrogen-bond acceptors (Lipinski definition) is 1. The van der Waals surface area contributed by atoms with Crippen LogP contribution in [0.5, 0.6) is 0 Å². The Balaban J connectivity index is 2.34. The van der Waals surface area contributed by atoms with E-state index in [9.17, 15) is 0 Å². The fourth-order valence-corrected chi connectivity index (χ4v) is 0.302. The van der Waals surface area contributed by atoms with Crippen LogP contribution in [-0.4, -0.2) is 13.6 Å². The highest BCUT2D eigenvalue weighted by atomic mass is 14.8. The lowest BCUT2D eigenvalue weighted by molar-refractivity contribution is 0.734. The van der Waals surface area contributed by atoms with Crippen molar-refractivity contribution in [2.45, 2.75) is 12.8 Å². The van der Waals surface area contributed by atoms with Crippen molar-refractivity contribution in [1.29, 1.82) is 0 Å². The van der Waals surface area contributed by atoms with Crippen molar-refractivity contribution in [3.05, 3.63) is 6.92 Å². The summed E-state index contributed by atoms with van der Waals surface area (Å²) >= 11 is 0. The standard InChI is InChI=1S/C5H12N/c1-3-4-5-6-2/h6H,1,3-5H2,2H3/q+1. The van der Waals surface area contributed by atoms with E-state index in [0.29, 0.717) is 0 Å². The maximum absolute atomic E-state index is 3.68. The zero-order valence-electron chi connectivity index (χ0n) is 4.33. The highest BCUT2D eigenvalue weighted by Gasteiger charge is 1.78. The van der Waals surface area contributed by atoms with Gasteiger partial charge in [-0.2, -0.15) is 0 Å². The number of unbranched alkanes of at least 4 members (excludes halogenated alkanes) is 1. The van der Waals surface area contributed by atoms with Gasteiger partial charge in [0.2, 0.25) is 0 Å². The smallest absolute Gasteiger partial charge is 0.0862 e. The monoisotopic (exact) mass is 86.1 g/mol. The molecule has 1 N–H and O–H groups in total. The van der Waals surface area contributed by atoms with Crippen molar-refractivity contribution in [3.8, 4) is 0 Å². The molecule has 36 valence electrons. The Labute approximate surface area is 39.7 Å². The summed E-state index contributed by atoms with van der Waals surface area (Å²) in [5.41, 5.74) is 0. The van der Waals surface area contributed by atoms with E-state index in [0.717, 1.165) is 13.0 Å². The molecule has 0 saturated carbocycles. The average molecular weight is 86.2 g/mol. The summed E-state index contributed by atoms with van der Waals surface area (Å²) in [7, 11) is 1.95. The lowest BCUT2D eigenvalue weighted by Gasteiger charge is -1.86. The van der Waals surface area contributed by atoms with Crippen molar-refractivity contribution in [2.24, 2.45) is 0 Å². The first-order chi connectivity index (χ1) is 2.91. The van der Waals surface area contributed by atoms with E-state index >= 15 is 0 Å². The Kier molecular flexibility index (Phi) is 4.69. The third kappa shape index (κ3) is 3.83. The Morgan fingerprint density at radius 3 is 2.50 bits per heavy atom. The number of nitrogens with one attached hydrogen (secondary N) is 1. The maximum Gasteiger partial charge on any atom is 0.0862 e. The minimum Gasteiger partial charge on any atom is -0.320 e. The van der Waals surface area contributed by atoms with Crippen LogP contribution < -0.4 is 5.32 Å². The minimum absolute atomic E-state index is 1.04. The van der Waals surface area contributed by atoms with E-state index in [1.807, 2.05) is 7.05 Å². The largest absolute Gasteiger partial charge is 0.320 e. The third-order valence-electron chi connectivity index (χ3n) is 0.677. The van der Waals surface area contributed by atoms with Crippen LogP contribution in [0.4, 0.5) is 0 Å². The van der Waals surface area contributed by atoms with Crippen LogP contribution in [0, 0.1) is 6.92 Å². The molecule has 0 rings (SSSR count). The molecular formula is C5H12N+. The summed E-state index contributed by atoms with van der Waals surface area (Å²) in [4.78, 5) is 0. The van der Waals surface area contributed by atoms with Gasteiger partial charge in [0, 0.05) is 0 Å². The van der Waals surface area contributed by atoms with Gasteiger partial charge in [0.1, 0.15) is 0 Å². The maximum atomic E-state index is 3.68. The van der Waals surface area contributed by atoms with Crippen molar-refractivity contribution >= 4 is 0 Å². The summed E-state index contributed by atoms with van der Waals surface area (Å²) in [5, 5.41) is 3.03. The van der Waals surface area contributed by atoms with Crippen molar-refractivity contribution in [1.82, 2.24) is 5.32 Å². The summed E-state index contributed by atoms with van der Waals surface area (Å²) in [6.07, 6.45) is 2.23. The van der Waals surface area contributed by atoms with E-state index in [4.69, 9.17) is 0 Å².